The summed E-state index contributed by atoms with van der Waals surface area (Å²) in [5.74, 6) is 1.61. The van der Waals surface area contributed by atoms with E-state index in [1.807, 2.05) is 60.7 Å². The molecule has 1 aliphatic rings. The first kappa shape index (κ1) is 12.0. The minimum absolute atomic E-state index is 0.369. The van der Waals surface area contributed by atoms with E-state index in [0.717, 1.165) is 28.2 Å². The van der Waals surface area contributed by atoms with Crippen LogP contribution < -0.4 is 9.47 Å². The summed E-state index contributed by atoms with van der Waals surface area (Å²) in [6, 6.07) is 26.2. The maximum Gasteiger partial charge on any atom is 0.268 e. The van der Waals surface area contributed by atoms with Crippen LogP contribution in [0.3, 0.4) is 0 Å². The van der Waals surface area contributed by atoms with E-state index in [4.69, 9.17) is 9.47 Å². The van der Waals surface area contributed by atoms with Gasteiger partial charge in [-0.15, -0.1) is 0 Å². The first-order valence-corrected chi connectivity index (χ1v) is 6.98. The molecule has 0 radical (unpaired) electrons. The van der Waals surface area contributed by atoms with Gasteiger partial charge in [0.1, 0.15) is 0 Å². The molecule has 0 spiro atoms. The minimum atomic E-state index is -0.369. The van der Waals surface area contributed by atoms with Crippen LogP contribution in [0.4, 0.5) is 0 Å². The molecule has 1 atom stereocenters. The Balaban J connectivity index is 1.74. The molecule has 0 bridgehead atoms. The van der Waals surface area contributed by atoms with Crippen molar-refractivity contribution in [3.63, 3.8) is 0 Å². The van der Waals surface area contributed by atoms with Crippen molar-refractivity contribution in [1.82, 2.24) is 0 Å². The van der Waals surface area contributed by atoms with Gasteiger partial charge >= 0.3 is 0 Å². The molecule has 2 heteroatoms. The predicted octanol–water partition coefficient (Wildman–Crippen LogP) is 4.82. The van der Waals surface area contributed by atoms with E-state index in [2.05, 4.69) is 18.2 Å². The molecule has 0 saturated carbocycles. The van der Waals surface area contributed by atoms with Gasteiger partial charge in [0.15, 0.2) is 11.5 Å². The summed E-state index contributed by atoms with van der Waals surface area (Å²) < 4.78 is 12.0. The third-order valence-electron chi connectivity index (χ3n) is 3.59. The Morgan fingerprint density at radius 2 is 1.33 bits per heavy atom. The van der Waals surface area contributed by atoms with Crippen molar-refractivity contribution in [3.8, 4) is 22.6 Å². The molecule has 21 heavy (non-hydrogen) atoms. The summed E-state index contributed by atoms with van der Waals surface area (Å²) in [7, 11) is 0. The van der Waals surface area contributed by atoms with E-state index in [-0.39, 0.29) is 6.29 Å². The Morgan fingerprint density at radius 1 is 0.619 bits per heavy atom. The molecule has 0 fully saturated rings. The normalized spacial score (nSPS) is 15.9. The Labute approximate surface area is 123 Å². The van der Waals surface area contributed by atoms with E-state index in [1.165, 1.54) is 0 Å². The molecule has 0 amide bonds. The monoisotopic (exact) mass is 274 g/mol. The highest BCUT2D eigenvalue weighted by Gasteiger charge is 2.28. The molecule has 0 saturated heterocycles. The zero-order valence-electron chi connectivity index (χ0n) is 11.4. The number of para-hydroxylation sites is 1. The van der Waals surface area contributed by atoms with Gasteiger partial charge in [-0.3, -0.25) is 0 Å². The summed E-state index contributed by atoms with van der Waals surface area (Å²) in [5.41, 5.74) is 3.21. The van der Waals surface area contributed by atoms with Crippen molar-refractivity contribution in [2.75, 3.05) is 0 Å². The minimum Gasteiger partial charge on any atom is -0.447 e. The van der Waals surface area contributed by atoms with Gasteiger partial charge in [-0.2, -0.15) is 0 Å². The second-order valence-corrected chi connectivity index (χ2v) is 4.98. The fourth-order valence-corrected chi connectivity index (χ4v) is 2.57. The van der Waals surface area contributed by atoms with Crippen LogP contribution >= 0.6 is 0 Å². The van der Waals surface area contributed by atoms with Gasteiger partial charge < -0.3 is 9.47 Å². The summed E-state index contributed by atoms with van der Waals surface area (Å²) in [6.07, 6.45) is -0.369. The summed E-state index contributed by atoms with van der Waals surface area (Å²) in [5, 5.41) is 0. The number of fused-ring (bicyclic) bond motifs is 1. The zero-order valence-corrected chi connectivity index (χ0v) is 11.4. The Kier molecular flexibility index (Phi) is 2.86. The number of rotatable bonds is 2. The van der Waals surface area contributed by atoms with E-state index in [9.17, 15) is 0 Å². The maximum absolute atomic E-state index is 6.06. The van der Waals surface area contributed by atoms with Crippen LogP contribution in [0.5, 0.6) is 11.5 Å². The zero-order chi connectivity index (χ0) is 14.1. The highest BCUT2D eigenvalue weighted by Crippen LogP contribution is 2.46. The lowest BCUT2D eigenvalue weighted by atomic mass is 10.0. The second-order valence-electron chi connectivity index (χ2n) is 4.98. The van der Waals surface area contributed by atoms with Crippen LogP contribution in [0.15, 0.2) is 78.9 Å². The lowest BCUT2D eigenvalue weighted by Crippen LogP contribution is -2.07. The molecule has 0 aliphatic carbocycles. The smallest absolute Gasteiger partial charge is 0.268 e. The van der Waals surface area contributed by atoms with E-state index >= 15 is 0 Å². The number of hydrogen-bond acceptors (Lipinski definition) is 2. The molecular weight excluding hydrogens is 260 g/mol. The average Bonchev–Trinajstić information content (AvgIpc) is 3.00. The molecule has 102 valence electrons. The van der Waals surface area contributed by atoms with E-state index < -0.39 is 0 Å². The van der Waals surface area contributed by atoms with Crippen LogP contribution in [0.1, 0.15) is 11.9 Å². The number of ether oxygens (including phenoxy) is 2. The van der Waals surface area contributed by atoms with E-state index in [1.54, 1.807) is 0 Å². The summed E-state index contributed by atoms with van der Waals surface area (Å²) >= 11 is 0. The van der Waals surface area contributed by atoms with Gasteiger partial charge in [-0.25, -0.2) is 0 Å². The molecule has 0 aromatic heterocycles. The highest BCUT2D eigenvalue weighted by molar-refractivity contribution is 5.74. The fourth-order valence-electron chi connectivity index (χ4n) is 2.57. The second kappa shape index (κ2) is 4.98. The topological polar surface area (TPSA) is 18.5 Å². The van der Waals surface area contributed by atoms with Gasteiger partial charge in [-0.05, 0) is 11.6 Å². The first-order chi connectivity index (χ1) is 10.4. The number of hydrogen-bond donors (Lipinski definition) is 0. The van der Waals surface area contributed by atoms with Crippen molar-refractivity contribution in [2.45, 2.75) is 6.29 Å². The van der Waals surface area contributed by atoms with Gasteiger partial charge in [0, 0.05) is 11.1 Å². The predicted molar refractivity (Wildman–Crippen MR) is 82.3 cm³/mol. The number of benzene rings is 3. The maximum atomic E-state index is 6.06. The highest BCUT2D eigenvalue weighted by atomic mass is 16.7. The standard InChI is InChI=1S/C19H14O2/c1-3-8-14(9-4-1)16-12-7-13-17-18(16)21-19(20-17)15-10-5-2-6-11-15/h1-13,19H. The summed E-state index contributed by atoms with van der Waals surface area (Å²) in [6.45, 7) is 0. The molecule has 3 aromatic carbocycles. The van der Waals surface area contributed by atoms with Gasteiger partial charge in [0.25, 0.3) is 6.29 Å². The van der Waals surface area contributed by atoms with Crippen molar-refractivity contribution in [1.29, 1.82) is 0 Å². The van der Waals surface area contributed by atoms with E-state index in [0.29, 0.717) is 0 Å². The molecule has 3 aromatic rings. The van der Waals surface area contributed by atoms with Crippen molar-refractivity contribution in [2.24, 2.45) is 0 Å². The third-order valence-corrected chi connectivity index (χ3v) is 3.59. The fraction of sp³-hybridized carbons (Fsp3) is 0.0526. The van der Waals surface area contributed by atoms with Crippen LogP contribution in [0, 0.1) is 0 Å². The van der Waals surface area contributed by atoms with Crippen molar-refractivity contribution < 1.29 is 9.47 Å². The molecule has 1 unspecified atom stereocenters. The molecule has 0 N–H and O–H groups in total. The molecule has 4 rings (SSSR count). The molecule has 2 nitrogen and oxygen atoms in total. The molecule has 1 heterocycles. The Hall–Kier alpha value is -2.74. The Bertz CT molecular complexity index is 751. The molecular formula is C19H14O2. The van der Waals surface area contributed by atoms with Crippen molar-refractivity contribution >= 4 is 0 Å². The van der Waals surface area contributed by atoms with Crippen LogP contribution in [-0.2, 0) is 0 Å². The largest absolute Gasteiger partial charge is 0.447 e. The van der Waals surface area contributed by atoms with Crippen LogP contribution in [-0.4, -0.2) is 0 Å². The lowest BCUT2D eigenvalue weighted by molar-refractivity contribution is 0.0490. The summed E-state index contributed by atoms with van der Waals surface area (Å²) in [4.78, 5) is 0. The lowest BCUT2D eigenvalue weighted by Gasteiger charge is -2.10. The van der Waals surface area contributed by atoms with Gasteiger partial charge in [-0.1, -0.05) is 72.8 Å². The van der Waals surface area contributed by atoms with Gasteiger partial charge in [0.05, 0.1) is 0 Å². The quantitative estimate of drug-likeness (QED) is 0.666. The average molecular weight is 274 g/mol. The Morgan fingerprint density at radius 3 is 2.10 bits per heavy atom. The first-order valence-electron chi connectivity index (χ1n) is 6.98. The third kappa shape index (κ3) is 2.15. The van der Waals surface area contributed by atoms with Crippen LogP contribution in [0.25, 0.3) is 11.1 Å². The van der Waals surface area contributed by atoms with Crippen LogP contribution in [0.2, 0.25) is 0 Å². The molecule has 1 aliphatic heterocycles. The SMILES string of the molecule is c1ccc(-c2cccc3c2OC(c2ccccc2)O3)cc1. The van der Waals surface area contributed by atoms with Gasteiger partial charge in [0.2, 0.25) is 0 Å². The van der Waals surface area contributed by atoms with Crippen molar-refractivity contribution in [3.05, 3.63) is 84.4 Å².